The van der Waals surface area contributed by atoms with E-state index in [9.17, 15) is 4.79 Å². The number of carbonyl (C=O) groups is 1. The van der Waals surface area contributed by atoms with Gasteiger partial charge in [0.25, 0.3) is 0 Å². The number of benzene rings is 2. The van der Waals surface area contributed by atoms with Crippen molar-refractivity contribution in [3.05, 3.63) is 65.2 Å². The first-order valence-corrected chi connectivity index (χ1v) is 5.88. The Morgan fingerprint density at radius 3 is 2.61 bits per heavy atom. The molecule has 2 aromatic rings. The molecule has 0 spiro atoms. The van der Waals surface area contributed by atoms with Crippen molar-refractivity contribution in [2.45, 2.75) is 13.2 Å². The normalized spacial score (nSPS) is 17.2. The molecule has 0 fully saturated rings. The molecule has 1 unspecified atom stereocenters. The summed E-state index contributed by atoms with van der Waals surface area (Å²) >= 11 is 0. The highest BCUT2D eigenvalue weighted by Crippen LogP contribution is 2.31. The van der Waals surface area contributed by atoms with E-state index >= 15 is 0 Å². The second kappa shape index (κ2) is 4.18. The molecule has 1 aliphatic rings. The molecule has 1 atom stereocenters. The van der Waals surface area contributed by atoms with E-state index in [1.807, 2.05) is 49.4 Å². The topological polar surface area (TPSA) is 38.3 Å². The molecule has 0 amide bonds. The van der Waals surface area contributed by atoms with Gasteiger partial charge in [-0.1, -0.05) is 36.4 Å². The predicted octanol–water partition coefficient (Wildman–Crippen LogP) is 3.28. The molecule has 18 heavy (non-hydrogen) atoms. The number of hydrogen-bond donors (Lipinski definition) is 1. The molecule has 3 nitrogen and oxygen atoms in total. The molecule has 0 saturated heterocycles. The van der Waals surface area contributed by atoms with E-state index in [1.54, 1.807) is 6.07 Å². The Kier molecular flexibility index (Phi) is 2.52. The molecule has 90 valence electrons. The van der Waals surface area contributed by atoms with Gasteiger partial charge in [0.2, 0.25) is 6.23 Å². The minimum absolute atomic E-state index is 0.267. The van der Waals surface area contributed by atoms with Crippen molar-refractivity contribution in [2.75, 3.05) is 5.32 Å². The smallest absolute Gasteiger partial charge is 0.340 e. The number of fused-ring (bicyclic) bond motifs is 1. The fourth-order valence-corrected chi connectivity index (χ4v) is 2.13. The summed E-state index contributed by atoms with van der Waals surface area (Å²) in [6, 6.07) is 15.4. The fourth-order valence-electron chi connectivity index (χ4n) is 2.13. The summed E-state index contributed by atoms with van der Waals surface area (Å²) in [5.41, 5.74) is 3.64. The number of esters is 1. The minimum Gasteiger partial charge on any atom is -0.434 e. The zero-order valence-corrected chi connectivity index (χ0v) is 10.0. The maximum atomic E-state index is 11.7. The van der Waals surface area contributed by atoms with Gasteiger partial charge in [0, 0.05) is 11.3 Å². The first-order chi connectivity index (χ1) is 8.75. The van der Waals surface area contributed by atoms with Gasteiger partial charge in [0.1, 0.15) is 0 Å². The SMILES string of the molecule is Cc1ccccc1NC1OC(=O)c2ccccc21. The zero-order valence-electron chi connectivity index (χ0n) is 10.0. The van der Waals surface area contributed by atoms with Gasteiger partial charge in [-0.15, -0.1) is 0 Å². The van der Waals surface area contributed by atoms with E-state index < -0.39 is 6.23 Å². The first kappa shape index (κ1) is 10.8. The van der Waals surface area contributed by atoms with E-state index in [1.165, 1.54) is 0 Å². The van der Waals surface area contributed by atoms with Gasteiger partial charge in [-0.2, -0.15) is 0 Å². The summed E-state index contributed by atoms with van der Waals surface area (Å²) in [7, 11) is 0. The number of cyclic esters (lactones) is 1. The molecule has 0 aliphatic carbocycles. The number of nitrogens with one attached hydrogen (secondary N) is 1. The summed E-state index contributed by atoms with van der Waals surface area (Å²) in [6.07, 6.45) is -0.394. The molecule has 3 rings (SSSR count). The summed E-state index contributed by atoms with van der Waals surface area (Å²) in [5, 5.41) is 3.25. The van der Waals surface area contributed by atoms with Crippen LogP contribution in [0.1, 0.15) is 27.7 Å². The van der Waals surface area contributed by atoms with Crippen LogP contribution in [0, 0.1) is 6.92 Å². The highest BCUT2D eigenvalue weighted by atomic mass is 16.6. The van der Waals surface area contributed by atoms with Gasteiger partial charge in [-0.25, -0.2) is 4.79 Å². The van der Waals surface area contributed by atoms with Gasteiger partial charge in [0.15, 0.2) is 0 Å². The van der Waals surface area contributed by atoms with E-state index in [4.69, 9.17) is 4.74 Å². The molecular weight excluding hydrogens is 226 g/mol. The number of anilines is 1. The molecule has 0 radical (unpaired) electrons. The summed E-state index contributed by atoms with van der Waals surface area (Å²) in [6.45, 7) is 2.02. The molecule has 1 heterocycles. The average Bonchev–Trinajstić information content (AvgIpc) is 2.70. The average molecular weight is 239 g/mol. The van der Waals surface area contributed by atoms with Crippen LogP contribution >= 0.6 is 0 Å². The standard InChI is InChI=1S/C15H13NO2/c1-10-6-2-5-9-13(10)16-14-11-7-3-4-8-12(11)15(17)18-14/h2-9,14,16H,1H3. The monoisotopic (exact) mass is 239 g/mol. The van der Waals surface area contributed by atoms with Crippen LogP contribution in [0.4, 0.5) is 5.69 Å². The second-order valence-corrected chi connectivity index (χ2v) is 4.33. The summed E-state index contributed by atoms with van der Waals surface area (Å²) in [5.74, 6) is -0.267. The van der Waals surface area contributed by atoms with Crippen LogP contribution in [0.2, 0.25) is 0 Å². The number of carbonyl (C=O) groups excluding carboxylic acids is 1. The number of aryl methyl sites for hydroxylation is 1. The van der Waals surface area contributed by atoms with Crippen LogP contribution in [-0.4, -0.2) is 5.97 Å². The highest BCUT2D eigenvalue weighted by molar-refractivity contribution is 5.94. The van der Waals surface area contributed by atoms with Gasteiger partial charge in [-0.05, 0) is 24.6 Å². The molecule has 2 aromatic carbocycles. The van der Waals surface area contributed by atoms with E-state index in [0.717, 1.165) is 16.8 Å². The lowest BCUT2D eigenvalue weighted by molar-refractivity contribution is 0.0437. The van der Waals surface area contributed by atoms with Gasteiger partial charge >= 0.3 is 5.97 Å². The predicted molar refractivity (Wildman–Crippen MR) is 69.4 cm³/mol. The van der Waals surface area contributed by atoms with Crippen molar-refractivity contribution in [3.63, 3.8) is 0 Å². The lowest BCUT2D eigenvalue weighted by Gasteiger charge is -2.15. The third-order valence-electron chi connectivity index (χ3n) is 3.12. The molecule has 3 heteroatoms. The largest absolute Gasteiger partial charge is 0.434 e. The first-order valence-electron chi connectivity index (χ1n) is 5.88. The van der Waals surface area contributed by atoms with Crippen LogP contribution < -0.4 is 5.32 Å². The second-order valence-electron chi connectivity index (χ2n) is 4.33. The minimum atomic E-state index is -0.394. The number of para-hydroxylation sites is 1. The Morgan fingerprint density at radius 1 is 1.06 bits per heavy atom. The third kappa shape index (κ3) is 1.74. The third-order valence-corrected chi connectivity index (χ3v) is 3.12. The summed E-state index contributed by atoms with van der Waals surface area (Å²) in [4.78, 5) is 11.7. The molecule has 1 N–H and O–H groups in total. The van der Waals surface area contributed by atoms with Crippen LogP contribution in [0.3, 0.4) is 0 Å². The van der Waals surface area contributed by atoms with Gasteiger partial charge in [-0.3, -0.25) is 0 Å². The van der Waals surface area contributed by atoms with Crippen LogP contribution in [0.15, 0.2) is 48.5 Å². The number of hydrogen-bond acceptors (Lipinski definition) is 3. The summed E-state index contributed by atoms with van der Waals surface area (Å²) < 4.78 is 5.34. The van der Waals surface area contributed by atoms with Crippen molar-refractivity contribution in [1.29, 1.82) is 0 Å². The van der Waals surface area contributed by atoms with E-state index in [2.05, 4.69) is 5.32 Å². The number of ether oxygens (including phenoxy) is 1. The van der Waals surface area contributed by atoms with Crippen LogP contribution in [-0.2, 0) is 4.74 Å². The van der Waals surface area contributed by atoms with Crippen molar-refractivity contribution in [3.8, 4) is 0 Å². The molecule has 0 aromatic heterocycles. The maximum Gasteiger partial charge on any atom is 0.340 e. The van der Waals surface area contributed by atoms with Gasteiger partial charge < -0.3 is 10.1 Å². The van der Waals surface area contributed by atoms with Crippen molar-refractivity contribution in [1.82, 2.24) is 0 Å². The Morgan fingerprint density at radius 2 is 1.78 bits per heavy atom. The van der Waals surface area contributed by atoms with Crippen molar-refractivity contribution in [2.24, 2.45) is 0 Å². The quantitative estimate of drug-likeness (QED) is 0.817. The molecule has 0 saturated carbocycles. The van der Waals surface area contributed by atoms with Crippen molar-refractivity contribution >= 4 is 11.7 Å². The molecular formula is C15H13NO2. The molecule has 0 bridgehead atoms. The van der Waals surface area contributed by atoms with Gasteiger partial charge in [0.05, 0.1) is 5.56 Å². The van der Waals surface area contributed by atoms with E-state index in [0.29, 0.717) is 5.56 Å². The molecule has 1 aliphatic heterocycles. The number of rotatable bonds is 2. The Labute approximate surface area is 105 Å². The van der Waals surface area contributed by atoms with Crippen LogP contribution in [0.5, 0.6) is 0 Å². The Hall–Kier alpha value is -2.29. The fraction of sp³-hybridized carbons (Fsp3) is 0.133. The Bertz CT molecular complexity index is 607. The zero-order chi connectivity index (χ0) is 12.5. The maximum absolute atomic E-state index is 11.7. The lowest BCUT2D eigenvalue weighted by atomic mass is 10.1. The van der Waals surface area contributed by atoms with E-state index in [-0.39, 0.29) is 5.97 Å². The Balaban J connectivity index is 1.92. The van der Waals surface area contributed by atoms with Crippen LogP contribution in [0.25, 0.3) is 0 Å². The van der Waals surface area contributed by atoms with Crippen molar-refractivity contribution < 1.29 is 9.53 Å². The highest BCUT2D eigenvalue weighted by Gasteiger charge is 2.30. The lowest BCUT2D eigenvalue weighted by Crippen LogP contribution is -2.10.